The van der Waals surface area contributed by atoms with Crippen LogP contribution in [-0.2, 0) is 11.3 Å². The van der Waals surface area contributed by atoms with Gasteiger partial charge in [-0.2, -0.15) is 0 Å². The van der Waals surface area contributed by atoms with E-state index in [-0.39, 0.29) is 17.6 Å². The molecule has 0 radical (unpaired) electrons. The quantitative estimate of drug-likeness (QED) is 0.586. The van der Waals surface area contributed by atoms with Crippen LogP contribution in [0.25, 0.3) is 10.8 Å². The molecule has 5 heteroatoms. The molecule has 144 valence electrons. The number of nitrogens with zero attached hydrogens (tertiary/aromatic N) is 1. The van der Waals surface area contributed by atoms with Crippen LogP contribution in [0.4, 0.5) is 0 Å². The number of carbonyl (C=O) groups is 2. The third kappa shape index (κ3) is 3.86. The lowest BCUT2D eigenvalue weighted by Gasteiger charge is -2.31. The fourth-order valence-corrected chi connectivity index (χ4v) is 4.77. The number of Topliss-reactive ketones (excluding diaryl/α,β-unsaturated/α-hetero) is 1. The van der Waals surface area contributed by atoms with E-state index in [4.69, 9.17) is 4.74 Å². The summed E-state index contributed by atoms with van der Waals surface area (Å²) in [6, 6.07) is 17.7. The molecule has 0 unspecified atom stereocenters. The van der Waals surface area contributed by atoms with Gasteiger partial charge >= 0.3 is 0 Å². The van der Waals surface area contributed by atoms with Crippen LogP contribution >= 0.6 is 11.3 Å². The number of rotatable bonds is 5. The van der Waals surface area contributed by atoms with Crippen LogP contribution in [0.15, 0.2) is 54.6 Å². The highest BCUT2D eigenvalue weighted by molar-refractivity contribution is 7.14. The summed E-state index contributed by atoms with van der Waals surface area (Å²) in [7, 11) is 1.65. The lowest BCUT2D eigenvalue weighted by molar-refractivity contribution is 0.0641. The Kier molecular flexibility index (Phi) is 5.55. The molecule has 0 N–H and O–H groups in total. The van der Waals surface area contributed by atoms with Gasteiger partial charge in [0.15, 0.2) is 5.78 Å². The molecule has 1 amide bonds. The molecular formula is C23H23NO3S. The Labute approximate surface area is 168 Å². The van der Waals surface area contributed by atoms with Crippen molar-refractivity contribution < 1.29 is 14.3 Å². The Morgan fingerprint density at radius 3 is 2.75 bits per heavy atom. The highest BCUT2D eigenvalue weighted by atomic mass is 32.1. The standard InChI is InChI=1S/C23H23NO3S/c1-27-15-20-10-11-21(28-20)23(26)24-12-4-7-19(14-24)22(25)18-9-8-16-5-2-3-6-17(16)13-18/h2-3,5-6,8-11,13,19H,4,7,12,14-15H2,1H3/t19-/m1/s1. The summed E-state index contributed by atoms with van der Waals surface area (Å²) in [6.45, 7) is 1.71. The van der Waals surface area contributed by atoms with Crippen molar-refractivity contribution >= 4 is 33.8 Å². The summed E-state index contributed by atoms with van der Waals surface area (Å²) in [5, 5.41) is 2.20. The molecular weight excluding hydrogens is 370 g/mol. The van der Waals surface area contributed by atoms with Gasteiger partial charge in [-0.15, -0.1) is 11.3 Å². The van der Waals surface area contributed by atoms with Crippen LogP contribution in [0.2, 0.25) is 0 Å². The number of piperidine rings is 1. The van der Waals surface area contributed by atoms with E-state index in [0.29, 0.717) is 24.6 Å². The molecule has 3 aromatic rings. The first kappa shape index (κ1) is 18.8. The van der Waals surface area contributed by atoms with Gasteiger partial charge in [0.1, 0.15) is 0 Å². The van der Waals surface area contributed by atoms with Gasteiger partial charge < -0.3 is 9.64 Å². The molecule has 0 bridgehead atoms. The van der Waals surface area contributed by atoms with Crippen LogP contribution in [0.3, 0.4) is 0 Å². The molecule has 0 saturated carbocycles. The molecule has 0 spiro atoms. The van der Waals surface area contributed by atoms with Gasteiger partial charge in [0.25, 0.3) is 5.91 Å². The first-order valence-corrected chi connectivity index (χ1v) is 10.4. The van der Waals surface area contributed by atoms with Gasteiger partial charge in [-0.3, -0.25) is 9.59 Å². The highest BCUT2D eigenvalue weighted by Crippen LogP contribution is 2.26. The fraction of sp³-hybridized carbons (Fsp3) is 0.304. The monoisotopic (exact) mass is 393 g/mol. The average Bonchev–Trinajstić information content (AvgIpc) is 3.21. The van der Waals surface area contributed by atoms with E-state index in [2.05, 4.69) is 0 Å². The minimum atomic E-state index is -0.141. The number of benzene rings is 2. The normalized spacial score (nSPS) is 17.0. The largest absolute Gasteiger partial charge is 0.379 e. The van der Waals surface area contributed by atoms with Gasteiger partial charge in [0.05, 0.1) is 11.5 Å². The molecule has 2 heterocycles. The number of ether oxygens (including phenoxy) is 1. The predicted molar refractivity (Wildman–Crippen MR) is 112 cm³/mol. The maximum absolute atomic E-state index is 13.1. The van der Waals surface area contributed by atoms with Crippen LogP contribution in [0, 0.1) is 5.92 Å². The molecule has 1 aliphatic heterocycles. The van der Waals surface area contributed by atoms with E-state index in [1.54, 1.807) is 7.11 Å². The average molecular weight is 394 g/mol. The van der Waals surface area contributed by atoms with E-state index >= 15 is 0 Å². The van der Waals surface area contributed by atoms with E-state index in [0.717, 1.165) is 34.1 Å². The molecule has 1 saturated heterocycles. The minimum absolute atomic E-state index is 0.0170. The Morgan fingerprint density at radius 2 is 1.93 bits per heavy atom. The topological polar surface area (TPSA) is 46.6 Å². The maximum Gasteiger partial charge on any atom is 0.263 e. The lowest BCUT2D eigenvalue weighted by Crippen LogP contribution is -2.42. The first-order valence-electron chi connectivity index (χ1n) is 9.55. The molecule has 0 aliphatic carbocycles. The van der Waals surface area contributed by atoms with Gasteiger partial charge in [-0.1, -0.05) is 36.4 Å². The summed E-state index contributed by atoms with van der Waals surface area (Å²) in [5.41, 5.74) is 0.733. The van der Waals surface area contributed by atoms with Crippen molar-refractivity contribution in [2.75, 3.05) is 20.2 Å². The second kappa shape index (κ2) is 8.25. The van der Waals surface area contributed by atoms with Crippen LogP contribution in [0.5, 0.6) is 0 Å². The van der Waals surface area contributed by atoms with Crippen molar-refractivity contribution in [1.82, 2.24) is 4.90 Å². The van der Waals surface area contributed by atoms with Crippen molar-refractivity contribution in [2.24, 2.45) is 5.92 Å². The number of methoxy groups -OCH3 is 1. The number of ketones is 1. The number of thiophene rings is 1. The van der Waals surface area contributed by atoms with Crippen molar-refractivity contribution in [1.29, 1.82) is 0 Å². The van der Waals surface area contributed by atoms with Crippen LogP contribution < -0.4 is 0 Å². The third-order valence-electron chi connectivity index (χ3n) is 5.27. The number of amides is 1. The first-order chi connectivity index (χ1) is 13.7. The van der Waals surface area contributed by atoms with Crippen molar-refractivity contribution in [3.63, 3.8) is 0 Å². The van der Waals surface area contributed by atoms with E-state index in [1.807, 2.05) is 59.5 Å². The number of hydrogen-bond donors (Lipinski definition) is 0. The Morgan fingerprint density at radius 1 is 1.11 bits per heavy atom. The van der Waals surface area contributed by atoms with Crippen molar-refractivity contribution in [2.45, 2.75) is 19.4 Å². The second-order valence-electron chi connectivity index (χ2n) is 7.22. The van der Waals surface area contributed by atoms with E-state index in [9.17, 15) is 9.59 Å². The van der Waals surface area contributed by atoms with Gasteiger partial charge in [0.2, 0.25) is 0 Å². The van der Waals surface area contributed by atoms with Crippen molar-refractivity contribution in [3.05, 3.63) is 69.9 Å². The Balaban J connectivity index is 1.49. The summed E-state index contributed by atoms with van der Waals surface area (Å²) >= 11 is 1.47. The number of likely N-dealkylation sites (tertiary alicyclic amines) is 1. The molecule has 1 aliphatic rings. The fourth-order valence-electron chi connectivity index (χ4n) is 3.82. The maximum atomic E-state index is 13.1. The van der Waals surface area contributed by atoms with Crippen LogP contribution in [0.1, 0.15) is 37.7 Å². The van der Waals surface area contributed by atoms with E-state index in [1.165, 1.54) is 11.3 Å². The Hall–Kier alpha value is -2.50. The van der Waals surface area contributed by atoms with Gasteiger partial charge in [-0.05, 0) is 41.8 Å². The number of fused-ring (bicyclic) bond motifs is 1. The molecule has 28 heavy (non-hydrogen) atoms. The number of hydrogen-bond acceptors (Lipinski definition) is 4. The predicted octanol–water partition coefficient (Wildman–Crippen LogP) is 4.78. The smallest absolute Gasteiger partial charge is 0.263 e. The molecule has 4 nitrogen and oxygen atoms in total. The highest BCUT2D eigenvalue weighted by Gasteiger charge is 2.30. The molecule has 1 fully saturated rings. The summed E-state index contributed by atoms with van der Waals surface area (Å²) < 4.78 is 5.14. The SMILES string of the molecule is COCc1ccc(C(=O)N2CCC[C@@H](C(=O)c3ccc4ccccc4c3)C2)s1. The van der Waals surface area contributed by atoms with E-state index < -0.39 is 0 Å². The zero-order valence-electron chi connectivity index (χ0n) is 15.9. The summed E-state index contributed by atoms with van der Waals surface area (Å²) in [5.74, 6) is 0.00939. The van der Waals surface area contributed by atoms with Crippen LogP contribution in [-0.4, -0.2) is 36.8 Å². The number of carbonyl (C=O) groups excluding carboxylic acids is 2. The third-order valence-corrected chi connectivity index (χ3v) is 6.32. The molecule has 1 atom stereocenters. The summed E-state index contributed by atoms with van der Waals surface area (Å²) in [4.78, 5) is 29.5. The molecule has 2 aromatic carbocycles. The molecule has 1 aromatic heterocycles. The van der Waals surface area contributed by atoms with Gasteiger partial charge in [0, 0.05) is 36.6 Å². The zero-order valence-corrected chi connectivity index (χ0v) is 16.7. The summed E-state index contributed by atoms with van der Waals surface area (Å²) in [6.07, 6.45) is 1.68. The Bertz CT molecular complexity index is 1010. The minimum Gasteiger partial charge on any atom is -0.379 e. The second-order valence-corrected chi connectivity index (χ2v) is 8.38. The zero-order chi connectivity index (χ0) is 19.5. The van der Waals surface area contributed by atoms with Crippen molar-refractivity contribution in [3.8, 4) is 0 Å². The lowest BCUT2D eigenvalue weighted by atomic mass is 9.89. The molecule has 4 rings (SSSR count). The van der Waals surface area contributed by atoms with Gasteiger partial charge in [-0.25, -0.2) is 0 Å².